The number of hydrogen-bond acceptors (Lipinski definition) is 3. The molecule has 0 aliphatic heterocycles. The van der Waals surface area contributed by atoms with Gasteiger partial charge in [-0.1, -0.05) is 6.07 Å². The Hall–Kier alpha value is -2.30. The van der Waals surface area contributed by atoms with Crippen LogP contribution in [0.1, 0.15) is 5.69 Å². The number of fused-ring (bicyclic) bond motifs is 1. The molecule has 3 aromatic rings. The van der Waals surface area contributed by atoms with Crippen LogP contribution in [0.4, 0.5) is 5.82 Å². The maximum Gasteiger partial charge on any atom is 0.126 e. The summed E-state index contributed by atoms with van der Waals surface area (Å²) in [7, 11) is 0. The van der Waals surface area contributed by atoms with Crippen molar-refractivity contribution in [3.63, 3.8) is 0 Å². The monoisotopic (exact) mass is 213 g/mol. The Morgan fingerprint density at radius 3 is 2.88 bits per heavy atom. The zero-order chi connectivity index (χ0) is 11.1. The fourth-order valence-corrected chi connectivity index (χ4v) is 1.83. The van der Waals surface area contributed by atoms with E-state index in [-0.39, 0.29) is 0 Å². The van der Waals surface area contributed by atoms with Crippen LogP contribution in [-0.4, -0.2) is 20.4 Å². The zero-order valence-corrected chi connectivity index (χ0v) is 8.78. The van der Waals surface area contributed by atoms with Crippen molar-refractivity contribution in [2.75, 3.05) is 5.73 Å². The van der Waals surface area contributed by atoms with Gasteiger partial charge in [0.15, 0.2) is 0 Å². The van der Waals surface area contributed by atoms with Crippen molar-refractivity contribution in [2.45, 2.75) is 6.92 Å². The number of nitrogens with zero attached hydrogens (tertiary/aromatic N) is 2. The minimum Gasteiger partial charge on any atom is -0.384 e. The Morgan fingerprint density at radius 1 is 1.25 bits per heavy atom. The summed E-state index contributed by atoms with van der Waals surface area (Å²) in [6.45, 7) is 2.00. The molecule has 0 fully saturated rings. The van der Waals surface area contributed by atoms with E-state index in [1.165, 1.54) is 0 Å². The normalized spacial score (nSPS) is 11.1. The SMILES string of the molecule is Cc1[nH]nc2ccc(-c3cn[nH]c3N)cc12. The van der Waals surface area contributed by atoms with Gasteiger partial charge in [0.25, 0.3) is 0 Å². The number of anilines is 1. The van der Waals surface area contributed by atoms with Crippen molar-refractivity contribution >= 4 is 16.7 Å². The highest BCUT2D eigenvalue weighted by Gasteiger charge is 2.07. The molecule has 0 bridgehead atoms. The first-order valence-electron chi connectivity index (χ1n) is 4.99. The highest BCUT2D eigenvalue weighted by atomic mass is 15.1. The summed E-state index contributed by atoms with van der Waals surface area (Å²) in [4.78, 5) is 0. The lowest BCUT2D eigenvalue weighted by Crippen LogP contribution is -1.87. The van der Waals surface area contributed by atoms with E-state index in [1.807, 2.05) is 19.1 Å². The van der Waals surface area contributed by atoms with E-state index in [0.717, 1.165) is 27.7 Å². The van der Waals surface area contributed by atoms with Gasteiger partial charge in [0.1, 0.15) is 5.82 Å². The first-order chi connectivity index (χ1) is 7.75. The fraction of sp³-hybridized carbons (Fsp3) is 0.0909. The standard InChI is InChI=1S/C11H11N5/c1-6-8-4-7(2-3-10(8)15-14-6)9-5-13-16-11(9)12/h2-5H,1H3,(H,14,15)(H3,12,13,16). The number of nitrogens with one attached hydrogen (secondary N) is 2. The first-order valence-corrected chi connectivity index (χ1v) is 4.99. The lowest BCUT2D eigenvalue weighted by Gasteiger charge is -1.99. The molecule has 0 saturated heterocycles. The molecule has 0 unspecified atom stereocenters. The van der Waals surface area contributed by atoms with Crippen molar-refractivity contribution in [3.8, 4) is 11.1 Å². The molecule has 2 heterocycles. The Morgan fingerprint density at radius 2 is 2.12 bits per heavy atom. The smallest absolute Gasteiger partial charge is 0.126 e. The lowest BCUT2D eigenvalue weighted by atomic mass is 10.1. The summed E-state index contributed by atoms with van der Waals surface area (Å²) in [6, 6.07) is 6.03. The van der Waals surface area contributed by atoms with Gasteiger partial charge in [-0.2, -0.15) is 10.2 Å². The van der Waals surface area contributed by atoms with Gasteiger partial charge in [-0.3, -0.25) is 10.2 Å². The van der Waals surface area contributed by atoms with E-state index in [4.69, 9.17) is 5.73 Å². The van der Waals surface area contributed by atoms with Crippen LogP contribution in [-0.2, 0) is 0 Å². The number of aromatic nitrogens is 4. The summed E-state index contributed by atoms with van der Waals surface area (Å²) >= 11 is 0. The van der Waals surface area contributed by atoms with Crippen molar-refractivity contribution in [1.82, 2.24) is 20.4 Å². The molecule has 5 heteroatoms. The Kier molecular flexibility index (Phi) is 1.73. The maximum absolute atomic E-state index is 5.79. The molecule has 0 radical (unpaired) electrons. The average molecular weight is 213 g/mol. The molecule has 4 N–H and O–H groups in total. The van der Waals surface area contributed by atoms with Gasteiger partial charge >= 0.3 is 0 Å². The minimum absolute atomic E-state index is 0.584. The predicted octanol–water partition coefficient (Wildman–Crippen LogP) is 1.84. The van der Waals surface area contributed by atoms with E-state index in [9.17, 15) is 0 Å². The topological polar surface area (TPSA) is 83.4 Å². The zero-order valence-electron chi connectivity index (χ0n) is 8.78. The molecule has 3 rings (SSSR count). The number of hydrogen-bond donors (Lipinski definition) is 3. The van der Waals surface area contributed by atoms with Gasteiger partial charge in [-0.15, -0.1) is 0 Å². The van der Waals surface area contributed by atoms with Gasteiger partial charge in [0.2, 0.25) is 0 Å². The van der Waals surface area contributed by atoms with Crippen LogP contribution < -0.4 is 5.73 Å². The molecular weight excluding hydrogens is 202 g/mol. The Balaban J connectivity index is 2.25. The van der Waals surface area contributed by atoms with Crippen molar-refractivity contribution in [3.05, 3.63) is 30.1 Å². The first kappa shape index (κ1) is 8.96. The van der Waals surface area contributed by atoms with Crippen LogP contribution in [0.3, 0.4) is 0 Å². The summed E-state index contributed by atoms with van der Waals surface area (Å²) < 4.78 is 0. The summed E-state index contributed by atoms with van der Waals surface area (Å²) in [6.07, 6.45) is 1.73. The van der Waals surface area contributed by atoms with Crippen LogP contribution in [0, 0.1) is 6.92 Å². The number of aryl methyl sites for hydroxylation is 1. The number of benzene rings is 1. The van der Waals surface area contributed by atoms with Gasteiger partial charge in [-0.25, -0.2) is 0 Å². The summed E-state index contributed by atoms with van der Waals surface area (Å²) in [5, 5.41) is 14.9. The predicted molar refractivity (Wildman–Crippen MR) is 62.8 cm³/mol. The third kappa shape index (κ3) is 1.18. The molecular formula is C11H11N5. The van der Waals surface area contributed by atoms with Crippen molar-refractivity contribution in [2.24, 2.45) is 0 Å². The van der Waals surface area contributed by atoms with Gasteiger partial charge in [-0.05, 0) is 24.6 Å². The largest absolute Gasteiger partial charge is 0.384 e. The highest BCUT2D eigenvalue weighted by Crippen LogP contribution is 2.27. The van der Waals surface area contributed by atoms with E-state index < -0.39 is 0 Å². The van der Waals surface area contributed by atoms with Gasteiger partial charge in [0.05, 0.1) is 11.7 Å². The Bertz CT molecular complexity index is 649. The van der Waals surface area contributed by atoms with E-state index in [2.05, 4.69) is 26.5 Å². The highest BCUT2D eigenvalue weighted by molar-refractivity contribution is 5.88. The molecule has 0 saturated carbocycles. The van der Waals surface area contributed by atoms with Crippen LogP contribution in [0.2, 0.25) is 0 Å². The molecule has 0 amide bonds. The van der Waals surface area contributed by atoms with Gasteiger partial charge < -0.3 is 5.73 Å². The van der Waals surface area contributed by atoms with Crippen molar-refractivity contribution in [1.29, 1.82) is 0 Å². The number of nitrogen functional groups attached to an aromatic ring is 1. The van der Waals surface area contributed by atoms with Crippen LogP contribution >= 0.6 is 0 Å². The van der Waals surface area contributed by atoms with E-state index >= 15 is 0 Å². The molecule has 2 aromatic heterocycles. The molecule has 0 spiro atoms. The van der Waals surface area contributed by atoms with Crippen LogP contribution in [0.15, 0.2) is 24.4 Å². The molecule has 0 atom stereocenters. The number of aromatic amines is 2. The second kappa shape index (κ2) is 3.10. The lowest BCUT2D eigenvalue weighted by molar-refractivity contribution is 1.07. The molecule has 1 aromatic carbocycles. The number of H-pyrrole nitrogens is 2. The Labute approximate surface area is 91.7 Å². The second-order valence-corrected chi connectivity index (χ2v) is 3.78. The molecule has 0 aliphatic rings. The fourth-order valence-electron chi connectivity index (χ4n) is 1.83. The van der Waals surface area contributed by atoms with E-state index in [1.54, 1.807) is 6.20 Å². The summed E-state index contributed by atoms with van der Waals surface area (Å²) in [5.74, 6) is 0.584. The third-order valence-corrected chi connectivity index (χ3v) is 2.72. The van der Waals surface area contributed by atoms with Crippen LogP contribution in [0.5, 0.6) is 0 Å². The van der Waals surface area contributed by atoms with Gasteiger partial charge in [0, 0.05) is 16.6 Å². The number of nitrogens with two attached hydrogens (primary N) is 1. The number of rotatable bonds is 1. The minimum atomic E-state index is 0.584. The molecule has 5 nitrogen and oxygen atoms in total. The second-order valence-electron chi connectivity index (χ2n) is 3.78. The average Bonchev–Trinajstić information content (AvgIpc) is 2.86. The molecule has 80 valence electrons. The maximum atomic E-state index is 5.79. The molecule has 16 heavy (non-hydrogen) atoms. The van der Waals surface area contributed by atoms with Crippen LogP contribution in [0.25, 0.3) is 22.0 Å². The van der Waals surface area contributed by atoms with E-state index in [0.29, 0.717) is 5.82 Å². The van der Waals surface area contributed by atoms with Crippen molar-refractivity contribution < 1.29 is 0 Å². The quantitative estimate of drug-likeness (QED) is 0.576. The molecule has 0 aliphatic carbocycles. The third-order valence-electron chi connectivity index (χ3n) is 2.72. The summed E-state index contributed by atoms with van der Waals surface area (Å²) in [5.41, 5.74) is 9.77.